The number of hydrogen-bond donors (Lipinski definition) is 0. The normalized spacial score (nSPS) is 12.1. The van der Waals surface area contributed by atoms with Crippen molar-refractivity contribution in [2.24, 2.45) is 5.92 Å². The Morgan fingerprint density at radius 1 is 1.36 bits per heavy atom. The van der Waals surface area contributed by atoms with Crippen LogP contribution in [-0.2, 0) is 9.53 Å². The molecule has 0 saturated heterocycles. The standard InChI is InChI=1S/C12H24O2/c1-6-14-12(4,5)11(13)9-7-8-10(2)3/h10H,6-9H2,1-5H3. The molecule has 0 aliphatic heterocycles. The lowest BCUT2D eigenvalue weighted by molar-refractivity contribution is -0.139. The van der Waals surface area contributed by atoms with Crippen LogP contribution in [0.15, 0.2) is 0 Å². The molecule has 0 aliphatic rings. The molecule has 0 aromatic heterocycles. The molecule has 0 radical (unpaired) electrons. The quantitative estimate of drug-likeness (QED) is 0.631. The number of hydrogen-bond acceptors (Lipinski definition) is 2. The smallest absolute Gasteiger partial charge is 0.164 e. The highest BCUT2D eigenvalue weighted by molar-refractivity contribution is 5.86. The summed E-state index contributed by atoms with van der Waals surface area (Å²) in [6.07, 6.45) is 2.74. The maximum Gasteiger partial charge on any atom is 0.164 e. The topological polar surface area (TPSA) is 26.3 Å². The van der Waals surface area contributed by atoms with Gasteiger partial charge in [0.2, 0.25) is 0 Å². The van der Waals surface area contributed by atoms with Crippen molar-refractivity contribution in [1.29, 1.82) is 0 Å². The Morgan fingerprint density at radius 3 is 2.36 bits per heavy atom. The minimum absolute atomic E-state index is 0.222. The zero-order valence-corrected chi connectivity index (χ0v) is 10.2. The number of ether oxygens (including phenoxy) is 1. The lowest BCUT2D eigenvalue weighted by atomic mass is 9.96. The van der Waals surface area contributed by atoms with E-state index >= 15 is 0 Å². The molecule has 0 aliphatic carbocycles. The third-order valence-electron chi connectivity index (χ3n) is 2.36. The summed E-state index contributed by atoms with van der Waals surface area (Å²) >= 11 is 0. The predicted molar refractivity (Wildman–Crippen MR) is 59.4 cm³/mol. The number of ketones is 1. The van der Waals surface area contributed by atoms with E-state index in [1.165, 1.54) is 0 Å². The molecule has 2 heteroatoms. The highest BCUT2D eigenvalue weighted by Gasteiger charge is 2.26. The van der Waals surface area contributed by atoms with Gasteiger partial charge in [0.05, 0.1) is 0 Å². The van der Waals surface area contributed by atoms with Crippen molar-refractivity contribution in [1.82, 2.24) is 0 Å². The van der Waals surface area contributed by atoms with Gasteiger partial charge in [0, 0.05) is 13.0 Å². The molecule has 0 saturated carbocycles. The van der Waals surface area contributed by atoms with E-state index in [0.29, 0.717) is 18.9 Å². The zero-order chi connectivity index (χ0) is 11.2. The van der Waals surface area contributed by atoms with Crippen LogP contribution in [0.3, 0.4) is 0 Å². The molecule has 84 valence electrons. The van der Waals surface area contributed by atoms with E-state index in [4.69, 9.17) is 4.74 Å². The molecule has 0 unspecified atom stereocenters. The lowest BCUT2D eigenvalue weighted by Crippen LogP contribution is -2.34. The second kappa shape index (κ2) is 6.18. The zero-order valence-electron chi connectivity index (χ0n) is 10.2. The average molecular weight is 200 g/mol. The summed E-state index contributed by atoms with van der Waals surface area (Å²) in [5, 5.41) is 0. The van der Waals surface area contributed by atoms with Crippen LogP contribution < -0.4 is 0 Å². The Balaban J connectivity index is 3.83. The minimum atomic E-state index is -0.592. The lowest BCUT2D eigenvalue weighted by Gasteiger charge is -2.23. The maximum absolute atomic E-state index is 11.7. The first-order valence-electron chi connectivity index (χ1n) is 5.57. The molecular weight excluding hydrogens is 176 g/mol. The van der Waals surface area contributed by atoms with Gasteiger partial charge in [0.25, 0.3) is 0 Å². The van der Waals surface area contributed by atoms with Gasteiger partial charge in [-0.05, 0) is 33.1 Å². The van der Waals surface area contributed by atoms with Crippen molar-refractivity contribution in [2.45, 2.75) is 59.5 Å². The van der Waals surface area contributed by atoms with Gasteiger partial charge in [-0.3, -0.25) is 4.79 Å². The summed E-state index contributed by atoms with van der Waals surface area (Å²) in [5.74, 6) is 0.901. The Labute approximate surface area is 88.0 Å². The SMILES string of the molecule is CCOC(C)(C)C(=O)CCCC(C)C. The molecule has 0 aromatic rings. The first-order valence-corrected chi connectivity index (χ1v) is 5.57. The fraction of sp³-hybridized carbons (Fsp3) is 0.917. The molecule has 0 bridgehead atoms. The van der Waals surface area contributed by atoms with Crippen LogP contribution in [0.25, 0.3) is 0 Å². The molecule has 2 nitrogen and oxygen atoms in total. The van der Waals surface area contributed by atoms with Gasteiger partial charge in [0.1, 0.15) is 5.60 Å². The monoisotopic (exact) mass is 200 g/mol. The van der Waals surface area contributed by atoms with Crippen molar-refractivity contribution in [3.63, 3.8) is 0 Å². The fourth-order valence-electron chi connectivity index (χ4n) is 1.41. The number of carbonyl (C=O) groups is 1. The van der Waals surface area contributed by atoms with Crippen molar-refractivity contribution >= 4 is 5.78 Å². The molecule has 0 amide bonds. The van der Waals surface area contributed by atoms with Gasteiger partial charge < -0.3 is 4.74 Å². The van der Waals surface area contributed by atoms with Crippen LogP contribution >= 0.6 is 0 Å². The van der Waals surface area contributed by atoms with E-state index in [-0.39, 0.29) is 5.78 Å². The molecule has 0 heterocycles. The summed E-state index contributed by atoms with van der Waals surface area (Å²) in [6.45, 7) is 10.6. The largest absolute Gasteiger partial charge is 0.368 e. The van der Waals surface area contributed by atoms with E-state index < -0.39 is 5.60 Å². The van der Waals surface area contributed by atoms with Crippen LogP contribution in [-0.4, -0.2) is 18.0 Å². The number of Topliss-reactive ketones (excluding diaryl/α,β-unsaturated/α-hetero) is 1. The Kier molecular flexibility index (Phi) is 6.01. The second-order valence-electron chi connectivity index (χ2n) is 4.65. The molecule has 0 aromatic carbocycles. The van der Waals surface area contributed by atoms with Crippen LogP contribution in [0, 0.1) is 5.92 Å². The van der Waals surface area contributed by atoms with E-state index in [1.54, 1.807) is 0 Å². The first-order chi connectivity index (χ1) is 6.40. The molecule has 0 atom stereocenters. The van der Waals surface area contributed by atoms with Crippen molar-refractivity contribution in [3.05, 3.63) is 0 Å². The molecule has 14 heavy (non-hydrogen) atoms. The Hall–Kier alpha value is -0.370. The van der Waals surface area contributed by atoms with E-state index in [9.17, 15) is 4.79 Å². The van der Waals surface area contributed by atoms with Crippen LogP contribution in [0.2, 0.25) is 0 Å². The second-order valence-corrected chi connectivity index (χ2v) is 4.65. The highest BCUT2D eigenvalue weighted by Crippen LogP contribution is 2.16. The van der Waals surface area contributed by atoms with E-state index in [0.717, 1.165) is 12.8 Å². The summed E-state index contributed by atoms with van der Waals surface area (Å²) in [7, 11) is 0. The molecule has 0 fully saturated rings. The van der Waals surface area contributed by atoms with Gasteiger partial charge in [-0.1, -0.05) is 20.3 Å². The van der Waals surface area contributed by atoms with Crippen LogP contribution in [0.1, 0.15) is 53.9 Å². The Bertz CT molecular complexity index is 171. The van der Waals surface area contributed by atoms with Gasteiger partial charge in [0.15, 0.2) is 5.78 Å². The highest BCUT2D eigenvalue weighted by atomic mass is 16.5. The average Bonchev–Trinajstić information content (AvgIpc) is 2.03. The van der Waals surface area contributed by atoms with E-state index in [2.05, 4.69) is 13.8 Å². The maximum atomic E-state index is 11.7. The molecule has 0 N–H and O–H groups in total. The molecule has 0 spiro atoms. The van der Waals surface area contributed by atoms with Crippen LogP contribution in [0.4, 0.5) is 0 Å². The summed E-state index contributed by atoms with van der Waals surface area (Å²) < 4.78 is 5.40. The van der Waals surface area contributed by atoms with E-state index in [1.807, 2.05) is 20.8 Å². The predicted octanol–water partition coefficient (Wildman–Crippen LogP) is 3.20. The first kappa shape index (κ1) is 13.6. The number of rotatable bonds is 7. The van der Waals surface area contributed by atoms with Gasteiger partial charge >= 0.3 is 0 Å². The van der Waals surface area contributed by atoms with Crippen molar-refractivity contribution < 1.29 is 9.53 Å². The summed E-state index contributed by atoms with van der Waals surface area (Å²) in [4.78, 5) is 11.7. The minimum Gasteiger partial charge on any atom is -0.368 e. The van der Waals surface area contributed by atoms with Crippen molar-refractivity contribution in [2.75, 3.05) is 6.61 Å². The number of carbonyl (C=O) groups excluding carboxylic acids is 1. The van der Waals surface area contributed by atoms with Gasteiger partial charge in [-0.15, -0.1) is 0 Å². The molecular formula is C12H24O2. The third kappa shape index (κ3) is 5.38. The third-order valence-corrected chi connectivity index (χ3v) is 2.36. The molecule has 0 rings (SSSR count). The summed E-state index contributed by atoms with van der Waals surface area (Å²) in [5.41, 5.74) is -0.592. The Morgan fingerprint density at radius 2 is 1.93 bits per heavy atom. The van der Waals surface area contributed by atoms with Crippen LogP contribution in [0.5, 0.6) is 0 Å². The van der Waals surface area contributed by atoms with Crippen molar-refractivity contribution in [3.8, 4) is 0 Å². The fourth-order valence-corrected chi connectivity index (χ4v) is 1.41. The van der Waals surface area contributed by atoms with Gasteiger partial charge in [-0.25, -0.2) is 0 Å². The van der Waals surface area contributed by atoms with Gasteiger partial charge in [-0.2, -0.15) is 0 Å². The summed E-state index contributed by atoms with van der Waals surface area (Å²) in [6, 6.07) is 0.